The summed E-state index contributed by atoms with van der Waals surface area (Å²) >= 11 is 1.37. The van der Waals surface area contributed by atoms with Crippen molar-refractivity contribution in [3.8, 4) is 16.5 Å². The second kappa shape index (κ2) is 5.54. The van der Waals surface area contributed by atoms with Crippen LogP contribution in [0.15, 0.2) is 12.3 Å². The van der Waals surface area contributed by atoms with E-state index in [1.54, 1.807) is 13.3 Å². The van der Waals surface area contributed by atoms with Gasteiger partial charge in [-0.15, -0.1) is 0 Å². The van der Waals surface area contributed by atoms with Gasteiger partial charge in [-0.2, -0.15) is 4.37 Å². The highest BCUT2D eigenvalue weighted by atomic mass is 32.1. The Morgan fingerprint density at radius 3 is 2.35 bits per heavy atom. The van der Waals surface area contributed by atoms with Gasteiger partial charge in [0.25, 0.3) is 0 Å². The van der Waals surface area contributed by atoms with Crippen molar-refractivity contribution in [1.29, 1.82) is 0 Å². The van der Waals surface area contributed by atoms with Crippen LogP contribution in [0.3, 0.4) is 0 Å². The van der Waals surface area contributed by atoms with E-state index in [0.29, 0.717) is 17.2 Å². The minimum atomic E-state index is -0.557. The number of methoxy groups -OCH3 is 1. The topological polar surface area (TPSA) is 66.4 Å². The van der Waals surface area contributed by atoms with E-state index in [9.17, 15) is 0 Å². The third kappa shape index (κ3) is 2.86. The third-order valence-corrected chi connectivity index (χ3v) is 5.20. The van der Waals surface area contributed by atoms with Crippen LogP contribution in [0.4, 0.5) is 0 Å². The van der Waals surface area contributed by atoms with Gasteiger partial charge in [0, 0.05) is 6.20 Å². The molecule has 0 N–H and O–H groups in total. The summed E-state index contributed by atoms with van der Waals surface area (Å²) in [5.41, 5.74) is 1.40. The molecule has 2 aromatic heterocycles. The van der Waals surface area contributed by atoms with Gasteiger partial charge >= 0.3 is 7.12 Å². The molecule has 8 heteroatoms. The van der Waals surface area contributed by atoms with E-state index in [-0.39, 0.29) is 0 Å². The summed E-state index contributed by atoms with van der Waals surface area (Å²) in [6.07, 6.45) is 1.68. The molecule has 0 amide bonds. The van der Waals surface area contributed by atoms with Gasteiger partial charge in [0.05, 0.1) is 34.5 Å². The van der Waals surface area contributed by atoms with Gasteiger partial charge in [0.1, 0.15) is 5.69 Å². The lowest BCUT2D eigenvalue weighted by Crippen LogP contribution is -2.41. The van der Waals surface area contributed by atoms with Gasteiger partial charge in [-0.1, -0.05) is 0 Å². The van der Waals surface area contributed by atoms with Crippen molar-refractivity contribution in [2.75, 3.05) is 7.11 Å². The number of hydrogen-bond acceptors (Lipinski definition) is 7. The summed E-state index contributed by atoms with van der Waals surface area (Å²) in [7, 11) is 1.02. The lowest BCUT2D eigenvalue weighted by Gasteiger charge is -2.32. The number of aryl methyl sites for hydroxylation is 1. The maximum atomic E-state index is 6.01. The van der Waals surface area contributed by atoms with Gasteiger partial charge in [-0.05, 0) is 52.2 Å². The van der Waals surface area contributed by atoms with Gasteiger partial charge < -0.3 is 14.0 Å². The normalized spacial score (nSPS) is 19.1. The monoisotopic (exact) mass is 333 g/mol. The van der Waals surface area contributed by atoms with Crippen LogP contribution < -0.4 is 10.3 Å². The first-order valence-electron chi connectivity index (χ1n) is 7.44. The van der Waals surface area contributed by atoms with Crippen LogP contribution >= 0.6 is 11.5 Å². The Balaban J connectivity index is 1.94. The zero-order valence-corrected chi connectivity index (χ0v) is 15.0. The number of rotatable bonds is 3. The van der Waals surface area contributed by atoms with Crippen LogP contribution in [0, 0.1) is 6.92 Å². The van der Waals surface area contributed by atoms with E-state index < -0.39 is 18.3 Å². The number of nitrogens with zero attached hydrogens (tertiary/aromatic N) is 3. The van der Waals surface area contributed by atoms with Crippen LogP contribution in [0.2, 0.25) is 0 Å². The van der Waals surface area contributed by atoms with Crippen molar-refractivity contribution in [3.05, 3.63) is 18.0 Å². The molecular weight excluding hydrogens is 313 g/mol. The lowest BCUT2D eigenvalue weighted by molar-refractivity contribution is 0.00578. The zero-order valence-electron chi connectivity index (χ0n) is 14.2. The maximum Gasteiger partial charge on any atom is 0.516 e. The van der Waals surface area contributed by atoms with Crippen LogP contribution in [0.25, 0.3) is 10.6 Å². The Kier molecular flexibility index (Phi) is 3.94. The van der Waals surface area contributed by atoms with Crippen molar-refractivity contribution < 1.29 is 14.0 Å². The molecule has 0 saturated carbocycles. The second-order valence-corrected chi connectivity index (χ2v) is 7.38. The first-order chi connectivity index (χ1) is 10.7. The van der Waals surface area contributed by atoms with Gasteiger partial charge in [-0.25, -0.2) is 9.97 Å². The van der Waals surface area contributed by atoms with Crippen LogP contribution in [-0.4, -0.2) is 39.8 Å². The number of ether oxygens (including phenoxy) is 1. The smallest absolute Gasteiger partial charge is 0.479 e. The molecule has 1 fully saturated rings. The average Bonchev–Trinajstić information content (AvgIpc) is 2.99. The van der Waals surface area contributed by atoms with Gasteiger partial charge in [-0.3, -0.25) is 0 Å². The van der Waals surface area contributed by atoms with Gasteiger partial charge in [0.2, 0.25) is 5.88 Å². The van der Waals surface area contributed by atoms with E-state index in [1.807, 2.05) is 40.7 Å². The SMILES string of the molecule is COc1nc(B2OC(C)(C)C(C)(C)O2)cnc1-c1cc(C)ns1. The Bertz CT molecular complexity index is 717. The van der Waals surface area contributed by atoms with Crippen molar-refractivity contribution in [3.63, 3.8) is 0 Å². The largest absolute Gasteiger partial charge is 0.516 e. The molecule has 0 atom stereocenters. The zero-order chi connectivity index (χ0) is 16.8. The van der Waals surface area contributed by atoms with Gasteiger partial charge in [0.15, 0.2) is 0 Å². The third-order valence-electron chi connectivity index (χ3n) is 4.31. The maximum absolute atomic E-state index is 6.01. The van der Waals surface area contributed by atoms with Crippen molar-refractivity contribution in [1.82, 2.24) is 14.3 Å². The minimum absolute atomic E-state index is 0.417. The molecule has 0 unspecified atom stereocenters. The molecule has 122 valence electrons. The standard InChI is InChI=1S/C15H20BN3O3S/c1-9-7-10(23-19-9)12-13(20-6)18-11(8-17-12)16-21-14(2,3)15(4,5)22-16/h7-8H,1-6H3. The minimum Gasteiger partial charge on any atom is -0.479 e. The number of aromatic nitrogens is 3. The quantitative estimate of drug-likeness (QED) is 0.803. The molecule has 1 aliphatic heterocycles. The second-order valence-electron chi connectivity index (χ2n) is 6.57. The summed E-state index contributed by atoms with van der Waals surface area (Å²) in [6.45, 7) is 9.97. The van der Waals surface area contributed by atoms with Crippen LogP contribution in [0.1, 0.15) is 33.4 Å². The van der Waals surface area contributed by atoms with E-state index in [1.165, 1.54) is 11.5 Å². The molecule has 6 nitrogen and oxygen atoms in total. The van der Waals surface area contributed by atoms with Crippen LogP contribution in [0.5, 0.6) is 5.88 Å². The predicted molar refractivity (Wildman–Crippen MR) is 90.1 cm³/mol. The van der Waals surface area contributed by atoms with E-state index in [4.69, 9.17) is 14.0 Å². The highest BCUT2D eigenvalue weighted by Gasteiger charge is 2.52. The molecule has 0 bridgehead atoms. The summed E-state index contributed by atoms with van der Waals surface area (Å²) < 4.78 is 21.7. The summed E-state index contributed by atoms with van der Waals surface area (Å²) in [5, 5.41) is 0. The molecule has 2 aromatic rings. The van der Waals surface area contributed by atoms with E-state index >= 15 is 0 Å². The molecule has 0 aromatic carbocycles. The van der Waals surface area contributed by atoms with Crippen molar-refractivity contribution >= 4 is 24.2 Å². The average molecular weight is 333 g/mol. The van der Waals surface area contributed by atoms with E-state index in [0.717, 1.165) is 10.6 Å². The fourth-order valence-electron chi connectivity index (χ4n) is 2.25. The molecule has 0 aliphatic carbocycles. The van der Waals surface area contributed by atoms with Crippen molar-refractivity contribution in [2.45, 2.75) is 45.8 Å². The first kappa shape index (κ1) is 16.4. The summed E-state index contributed by atoms with van der Waals surface area (Å²) in [6, 6.07) is 1.96. The molecule has 1 saturated heterocycles. The Morgan fingerprint density at radius 1 is 1.17 bits per heavy atom. The Hall–Kier alpha value is -1.51. The molecule has 23 heavy (non-hydrogen) atoms. The molecule has 3 rings (SSSR count). The highest BCUT2D eigenvalue weighted by Crippen LogP contribution is 2.36. The molecule has 0 spiro atoms. The van der Waals surface area contributed by atoms with Crippen molar-refractivity contribution in [2.24, 2.45) is 0 Å². The molecular formula is C15H20BN3O3S. The molecule has 3 heterocycles. The fraction of sp³-hybridized carbons (Fsp3) is 0.533. The fourth-order valence-corrected chi connectivity index (χ4v) is 2.99. The molecule has 0 radical (unpaired) electrons. The summed E-state index contributed by atoms with van der Waals surface area (Å²) in [5.74, 6) is 0.445. The lowest BCUT2D eigenvalue weighted by atomic mass is 9.85. The summed E-state index contributed by atoms with van der Waals surface area (Å²) in [4.78, 5) is 9.95. The number of hydrogen-bond donors (Lipinski definition) is 0. The Morgan fingerprint density at radius 2 is 1.83 bits per heavy atom. The molecule has 1 aliphatic rings. The first-order valence-corrected chi connectivity index (χ1v) is 8.21. The highest BCUT2D eigenvalue weighted by molar-refractivity contribution is 7.09. The predicted octanol–water partition coefficient (Wildman–Crippen LogP) is 2.22. The Labute approximate surface area is 140 Å². The van der Waals surface area contributed by atoms with E-state index in [2.05, 4.69) is 14.3 Å². The van der Waals surface area contributed by atoms with Crippen LogP contribution in [-0.2, 0) is 9.31 Å².